The molecule has 1 heterocycles. The number of hydrogen-bond acceptors (Lipinski definition) is 4. The Morgan fingerprint density at radius 2 is 2.04 bits per heavy atom. The molecule has 0 spiro atoms. The number of amides is 1. The van der Waals surface area contributed by atoms with Crippen LogP contribution in [-0.2, 0) is 14.3 Å². The molecule has 2 fully saturated rings. The Morgan fingerprint density at radius 1 is 1.29 bits per heavy atom. The van der Waals surface area contributed by atoms with Crippen molar-refractivity contribution in [2.45, 2.75) is 51.0 Å². The van der Waals surface area contributed by atoms with Crippen molar-refractivity contribution in [1.82, 2.24) is 5.32 Å². The van der Waals surface area contributed by atoms with E-state index >= 15 is 0 Å². The topological polar surface area (TPSA) is 67.4 Å². The molecule has 24 heavy (non-hydrogen) atoms. The molecule has 0 radical (unpaired) electrons. The Morgan fingerprint density at radius 3 is 2.71 bits per heavy atom. The summed E-state index contributed by atoms with van der Waals surface area (Å²) in [6.45, 7) is 3.10. The summed E-state index contributed by atoms with van der Waals surface area (Å²) in [5.41, 5.74) is 2.30. The minimum absolute atomic E-state index is 0.0103. The van der Waals surface area contributed by atoms with Gasteiger partial charge in [0.15, 0.2) is 0 Å². The van der Waals surface area contributed by atoms with Crippen LogP contribution in [0, 0.1) is 12.8 Å². The maximum atomic E-state index is 12.2. The Labute approximate surface area is 143 Å². The van der Waals surface area contributed by atoms with Crippen LogP contribution < -0.4 is 10.6 Å². The van der Waals surface area contributed by atoms with E-state index in [-0.39, 0.29) is 23.3 Å². The van der Waals surface area contributed by atoms with Crippen molar-refractivity contribution in [2.75, 3.05) is 18.5 Å². The minimum Gasteiger partial charge on any atom is -0.465 e. The Balaban J connectivity index is 1.56. The molecule has 0 aromatic heterocycles. The first-order valence-corrected chi connectivity index (χ1v) is 8.82. The third kappa shape index (κ3) is 4.08. The molecular weight excluding hydrogens is 304 g/mol. The number of cyclic esters (lactones) is 1. The Kier molecular flexibility index (Phi) is 5.07. The zero-order valence-corrected chi connectivity index (χ0v) is 14.3. The number of rotatable bonds is 6. The second-order valence-corrected chi connectivity index (χ2v) is 7.16. The van der Waals surface area contributed by atoms with Gasteiger partial charge in [-0.25, -0.2) is 0 Å². The van der Waals surface area contributed by atoms with Gasteiger partial charge in [0.1, 0.15) is 0 Å². The van der Waals surface area contributed by atoms with Gasteiger partial charge in [0.2, 0.25) is 5.91 Å². The highest BCUT2D eigenvalue weighted by Crippen LogP contribution is 2.33. The standard InChI is InChI=1S/C19H26N2O3/c1-14-6-2-3-7-16(14)21-19(8-4-5-9-19)13-20-17(22)10-15-11-18(23)24-12-15/h2-3,6-7,15,21H,4-5,8-13H2,1H3,(H,20,22)/t15-/m1/s1. The number of benzene rings is 1. The number of nitrogens with one attached hydrogen (secondary N) is 2. The summed E-state index contributed by atoms with van der Waals surface area (Å²) in [5, 5.41) is 6.76. The molecule has 1 aliphatic carbocycles. The third-order valence-electron chi connectivity index (χ3n) is 5.14. The van der Waals surface area contributed by atoms with E-state index in [0.29, 0.717) is 26.0 Å². The van der Waals surface area contributed by atoms with Gasteiger partial charge in [0.05, 0.1) is 18.6 Å². The summed E-state index contributed by atoms with van der Waals surface area (Å²) >= 11 is 0. The predicted molar refractivity (Wildman–Crippen MR) is 92.7 cm³/mol. The van der Waals surface area contributed by atoms with E-state index in [2.05, 4.69) is 29.7 Å². The summed E-state index contributed by atoms with van der Waals surface area (Å²) < 4.78 is 4.93. The predicted octanol–water partition coefficient (Wildman–Crippen LogP) is 2.79. The fraction of sp³-hybridized carbons (Fsp3) is 0.579. The summed E-state index contributed by atoms with van der Waals surface area (Å²) in [7, 11) is 0. The maximum Gasteiger partial charge on any atom is 0.306 e. The Bertz CT molecular complexity index is 608. The van der Waals surface area contributed by atoms with Gasteiger partial charge in [-0.05, 0) is 31.4 Å². The van der Waals surface area contributed by atoms with Gasteiger partial charge >= 0.3 is 5.97 Å². The lowest BCUT2D eigenvalue weighted by molar-refractivity contribution is -0.138. The highest BCUT2D eigenvalue weighted by molar-refractivity contribution is 5.78. The van der Waals surface area contributed by atoms with E-state index in [9.17, 15) is 9.59 Å². The highest BCUT2D eigenvalue weighted by atomic mass is 16.5. The monoisotopic (exact) mass is 330 g/mol. The van der Waals surface area contributed by atoms with Gasteiger partial charge in [0.25, 0.3) is 0 Å². The van der Waals surface area contributed by atoms with E-state index in [4.69, 9.17) is 4.74 Å². The van der Waals surface area contributed by atoms with E-state index in [1.807, 2.05) is 12.1 Å². The van der Waals surface area contributed by atoms with E-state index in [1.54, 1.807) is 0 Å². The third-order valence-corrected chi connectivity index (χ3v) is 5.14. The molecule has 1 aliphatic heterocycles. The van der Waals surface area contributed by atoms with Crippen LogP contribution in [0.25, 0.3) is 0 Å². The van der Waals surface area contributed by atoms with E-state index < -0.39 is 0 Å². The summed E-state index contributed by atoms with van der Waals surface area (Å²) in [4.78, 5) is 23.3. The van der Waals surface area contributed by atoms with Crippen molar-refractivity contribution in [2.24, 2.45) is 5.92 Å². The number of ether oxygens (including phenoxy) is 1. The van der Waals surface area contributed by atoms with Gasteiger partial charge in [-0.3, -0.25) is 9.59 Å². The molecule has 130 valence electrons. The van der Waals surface area contributed by atoms with Gasteiger partial charge in [0, 0.05) is 24.6 Å². The number of carbonyl (C=O) groups excluding carboxylic acids is 2. The molecule has 2 aliphatic rings. The first-order chi connectivity index (χ1) is 11.6. The van der Waals surface area contributed by atoms with Crippen LogP contribution in [0.15, 0.2) is 24.3 Å². The summed E-state index contributed by atoms with van der Waals surface area (Å²) in [6, 6.07) is 8.27. The van der Waals surface area contributed by atoms with E-state index in [1.165, 1.54) is 18.4 Å². The van der Waals surface area contributed by atoms with Crippen molar-refractivity contribution in [3.63, 3.8) is 0 Å². The average Bonchev–Trinajstić information content (AvgIpc) is 3.18. The fourth-order valence-electron chi connectivity index (χ4n) is 3.69. The first-order valence-electron chi connectivity index (χ1n) is 8.82. The normalized spacial score (nSPS) is 22.2. The number of hydrogen-bond donors (Lipinski definition) is 2. The van der Waals surface area contributed by atoms with Crippen LogP contribution in [-0.4, -0.2) is 30.6 Å². The van der Waals surface area contributed by atoms with Crippen LogP contribution in [0.4, 0.5) is 5.69 Å². The average molecular weight is 330 g/mol. The van der Waals surface area contributed by atoms with Crippen LogP contribution in [0.1, 0.15) is 44.1 Å². The molecule has 0 bridgehead atoms. The fourth-order valence-corrected chi connectivity index (χ4v) is 3.69. The molecule has 1 aromatic rings. The lowest BCUT2D eigenvalue weighted by Gasteiger charge is -2.32. The summed E-state index contributed by atoms with van der Waals surface area (Å²) in [5.74, 6) is -0.154. The number of para-hydroxylation sites is 1. The second kappa shape index (κ2) is 7.24. The van der Waals surface area contributed by atoms with Crippen molar-refractivity contribution in [3.05, 3.63) is 29.8 Å². The van der Waals surface area contributed by atoms with Crippen molar-refractivity contribution in [1.29, 1.82) is 0 Å². The van der Waals surface area contributed by atoms with Crippen molar-refractivity contribution >= 4 is 17.6 Å². The van der Waals surface area contributed by atoms with Crippen LogP contribution in [0.3, 0.4) is 0 Å². The highest BCUT2D eigenvalue weighted by Gasteiger charge is 2.35. The van der Waals surface area contributed by atoms with Crippen LogP contribution in [0.5, 0.6) is 0 Å². The SMILES string of the molecule is Cc1ccccc1NC1(CNC(=O)C[C@H]2COC(=O)C2)CCCC1. The molecular formula is C19H26N2O3. The molecule has 3 rings (SSSR count). The lowest BCUT2D eigenvalue weighted by atomic mass is 9.95. The van der Waals surface area contributed by atoms with E-state index in [0.717, 1.165) is 18.5 Å². The molecule has 1 saturated carbocycles. The van der Waals surface area contributed by atoms with Crippen molar-refractivity contribution < 1.29 is 14.3 Å². The Hall–Kier alpha value is -2.04. The molecule has 2 N–H and O–H groups in total. The molecule has 1 amide bonds. The number of aryl methyl sites for hydroxylation is 1. The first kappa shape index (κ1) is 16.8. The molecule has 1 atom stereocenters. The zero-order valence-electron chi connectivity index (χ0n) is 14.3. The molecule has 5 heteroatoms. The molecule has 1 saturated heterocycles. The molecule has 1 aromatic carbocycles. The summed E-state index contributed by atoms with van der Waals surface area (Å²) in [6.07, 6.45) is 5.21. The lowest BCUT2D eigenvalue weighted by Crippen LogP contribution is -2.47. The molecule has 0 unspecified atom stereocenters. The smallest absolute Gasteiger partial charge is 0.306 e. The molecule has 5 nitrogen and oxygen atoms in total. The second-order valence-electron chi connectivity index (χ2n) is 7.16. The van der Waals surface area contributed by atoms with Crippen LogP contribution >= 0.6 is 0 Å². The maximum absolute atomic E-state index is 12.2. The largest absolute Gasteiger partial charge is 0.465 e. The number of carbonyl (C=O) groups is 2. The van der Waals surface area contributed by atoms with Gasteiger partial charge in [-0.1, -0.05) is 31.0 Å². The van der Waals surface area contributed by atoms with Gasteiger partial charge in [-0.15, -0.1) is 0 Å². The minimum atomic E-state index is -0.193. The van der Waals surface area contributed by atoms with Crippen molar-refractivity contribution in [3.8, 4) is 0 Å². The van der Waals surface area contributed by atoms with Crippen LogP contribution in [0.2, 0.25) is 0 Å². The number of anilines is 1. The van der Waals surface area contributed by atoms with Gasteiger partial charge < -0.3 is 15.4 Å². The van der Waals surface area contributed by atoms with Gasteiger partial charge in [-0.2, -0.15) is 0 Å². The number of esters is 1. The zero-order chi connectivity index (χ0) is 17.0. The quantitative estimate of drug-likeness (QED) is 0.787.